The number of carbonyl (C=O) groups is 4. The minimum absolute atomic E-state index is 0.0274. The molecule has 2 amide bonds. The van der Waals surface area contributed by atoms with E-state index in [1.54, 1.807) is 72.8 Å². The molecule has 0 fully saturated rings. The van der Waals surface area contributed by atoms with E-state index in [2.05, 4.69) is 10.6 Å². The van der Waals surface area contributed by atoms with Gasteiger partial charge in [-0.05, 0) is 46.5 Å². The Hall–Kier alpha value is -5.46. The van der Waals surface area contributed by atoms with Gasteiger partial charge in [-0.15, -0.1) is 0 Å². The van der Waals surface area contributed by atoms with Crippen LogP contribution in [0, 0.1) is 11.6 Å². The molecule has 0 saturated heterocycles. The Kier molecular flexibility index (Phi) is 13.0. The molecular weight excluding hydrogens is 598 g/mol. The predicted octanol–water partition coefficient (Wildman–Crippen LogP) is 3.28. The molecule has 12 heteroatoms. The number of carbonyl (C=O) groups excluding carboxylic acids is 2. The van der Waals surface area contributed by atoms with Gasteiger partial charge in [0.25, 0.3) is 0 Å². The second-order valence-corrected chi connectivity index (χ2v) is 10.2. The van der Waals surface area contributed by atoms with Gasteiger partial charge in [0.2, 0.25) is 11.8 Å². The summed E-state index contributed by atoms with van der Waals surface area (Å²) in [6.07, 6.45) is -0.0549. The Morgan fingerprint density at radius 1 is 0.565 bits per heavy atom. The Labute approximate surface area is 264 Å². The van der Waals surface area contributed by atoms with Crippen molar-refractivity contribution in [1.29, 1.82) is 0 Å². The molecule has 8 N–H and O–H groups in total. The van der Waals surface area contributed by atoms with Crippen molar-refractivity contribution in [3.63, 3.8) is 0 Å². The van der Waals surface area contributed by atoms with Gasteiger partial charge in [-0.25, -0.2) is 18.4 Å². The lowest BCUT2D eigenvalue weighted by molar-refractivity contribution is -0.142. The van der Waals surface area contributed by atoms with Crippen molar-refractivity contribution < 1.29 is 38.2 Å². The van der Waals surface area contributed by atoms with E-state index in [9.17, 15) is 38.2 Å². The van der Waals surface area contributed by atoms with Crippen molar-refractivity contribution >= 4 is 23.8 Å². The Morgan fingerprint density at radius 3 is 1.22 bits per heavy atom. The highest BCUT2D eigenvalue weighted by atomic mass is 19.1. The first-order valence-corrected chi connectivity index (χ1v) is 14.1. The number of halogens is 2. The summed E-state index contributed by atoms with van der Waals surface area (Å²) in [7, 11) is 0. The zero-order valence-electron chi connectivity index (χ0n) is 24.6. The van der Waals surface area contributed by atoms with Crippen LogP contribution in [0.25, 0.3) is 0 Å². The van der Waals surface area contributed by atoms with Crippen molar-refractivity contribution in [2.45, 2.75) is 37.0 Å². The highest BCUT2D eigenvalue weighted by Crippen LogP contribution is 2.13. The second-order valence-electron chi connectivity index (χ2n) is 10.2. The van der Waals surface area contributed by atoms with Crippen LogP contribution in [0.3, 0.4) is 0 Å². The summed E-state index contributed by atoms with van der Waals surface area (Å²) in [4.78, 5) is 47.0. The van der Waals surface area contributed by atoms with Crippen LogP contribution in [0.1, 0.15) is 34.3 Å². The number of nitrogens with two attached hydrogens (primary N) is 2. The van der Waals surface area contributed by atoms with E-state index >= 15 is 0 Å². The summed E-state index contributed by atoms with van der Waals surface area (Å²) in [5, 5.41) is 23.3. The molecule has 4 atom stereocenters. The van der Waals surface area contributed by atoms with Crippen LogP contribution in [-0.4, -0.2) is 46.0 Å². The van der Waals surface area contributed by atoms with E-state index in [-0.39, 0.29) is 12.8 Å². The third-order valence-electron chi connectivity index (χ3n) is 6.77. The zero-order valence-corrected chi connectivity index (χ0v) is 24.6. The number of hydrogen-bond acceptors (Lipinski definition) is 6. The summed E-state index contributed by atoms with van der Waals surface area (Å²) >= 11 is 0. The first-order valence-electron chi connectivity index (χ1n) is 14.1. The van der Waals surface area contributed by atoms with Gasteiger partial charge in [-0.1, -0.05) is 84.9 Å². The van der Waals surface area contributed by atoms with Gasteiger partial charge in [-0.3, -0.25) is 9.59 Å². The minimum atomic E-state index is -1.21. The molecule has 4 aromatic carbocycles. The zero-order chi connectivity index (χ0) is 33.6. The van der Waals surface area contributed by atoms with Crippen LogP contribution < -0.4 is 22.1 Å². The maximum absolute atomic E-state index is 13.2. The number of rotatable bonds is 12. The minimum Gasteiger partial charge on any atom is -0.480 e. The molecule has 0 radical (unpaired) electrons. The fourth-order valence-electron chi connectivity index (χ4n) is 4.35. The van der Waals surface area contributed by atoms with E-state index in [4.69, 9.17) is 11.5 Å². The van der Waals surface area contributed by atoms with Crippen LogP contribution in [0.15, 0.2) is 109 Å². The summed E-state index contributed by atoms with van der Waals surface area (Å²) in [5.41, 5.74) is 13.8. The fourth-order valence-corrected chi connectivity index (χ4v) is 4.35. The average molecular weight is 633 g/mol. The molecular formula is C34H34F2N4O6. The number of aliphatic carboxylic acids is 2. The normalized spacial score (nSPS) is 13.1. The Morgan fingerprint density at radius 2 is 0.913 bits per heavy atom. The molecule has 0 spiro atoms. The van der Waals surface area contributed by atoms with Gasteiger partial charge in [0.1, 0.15) is 35.8 Å². The number of carboxylic acids is 2. The molecule has 10 nitrogen and oxygen atoms in total. The van der Waals surface area contributed by atoms with Crippen LogP contribution >= 0.6 is 0 Å². The first-order chi connectivity index (χ1) is 21.9. The molecule has 4 aromatic rings. The van der Waals surface area contributed by atoms with Crippen molar-refractivity contribution in [2.75, 3.05) is 0 Å². The summed E-state index contributed by atoms with van der Waals surface area (Å²) in [6.45, 7) is 0. The summed E-state index contributed by atoms with van der Waals surface area (Å²) in [5.74, 6) is -4.52. The molecule has 0 aliphatic heterocycles. The lowest BCUT2D eigenvalue weighted by atomic mass is 10.0. The van der Waals surface area contributed by atoms with E-state index in [1.165, 1.54) is 36.4 Å². The third-order valence-corrected chi connectivity index (χ3v) is 6.77. The smallest absolute Gasteiger partial charge is 0.326 e. The van der Waals surface area contributed by atoms with E-state index in [0.717, 1.165) is 0 Å². The number of hydrogen-bond donors (Lipinski definition) is 6. The van der Waals surface area contributed by atoms with Gasteiger partial charge in [0.15, 0.2) is 0 Å². The summed E-state index contributed by atoms with van der Waals surface area (Å²) in [6, 6.07) is 24.2. The van der Waals surface area contributed by atoms with E-state index in [0.29, 0.717) is 22.3 Å². The first kappa shape index (κ1) is 35.0. The molecule has 0 aromatic heterocycles. The van der Waals surface area contributed by atoms with E-state index in [1.807, 2.05) is 0 Å². The third kappa shape index (κ3) is 10.9. The largest absolute Gasteiger partial charge is 0.480 e. The molecule has 0 aliphatic rings. The van der Waals surface area contributed by atoms with Crippen LogP contribution in [0.4, 0.5) is 8.78 Å². The standard InChI is InChI=1S/2C17H17FN2O3/c2*18-13-8-4-5-11(9-13)10-14(17(22)23)20-16(21)15(19)12-6-2-1-3-7-12/h2*1-9,14-15H,10,19H2,(H,20,21)(H,22,23)/t14-,15+;14-,15-/m10/s1. The molecule has 0 bridgehead atoms. The van der Waals surface area contributed by atoms with Crippen molar-refractivity contribution in [2.24, 2.45) is 11.5 Å². The number of benzene rings is 4. The lowest BCUT2D eigenvalue weighted by Gasteiger charge is -2.18. The monoisotopic (exact) mass is 632 g/mol. The quantitative estimate of drug-likeness (QED) is 0.137. The molecule has 0 heterocycles. The maximum atomic E-state index is 13.2. The maximum Gasteiger partial charge on any atom is 0.326 e. The Balaban J connectivity index is 0.000000250. The van der Waals surface area contributed by atoms with Crippen LogP contribution in [-0.2, 0) is 32.0 Å². The molecule has 46 heavy (non-hydrogen) atoms. The average Bonchev–Trinajstić information content (AvgIpc) is 3.04. The van der Waals surface area contributed by atoms with Gasteiger partial charge in [0.05, 0.1) is 0 Å². The topological polar surface area (TPSA) is 185 Å². The molecule has 240 valence electrons. The van der Waals surface area contributed by atoms with Gasteiger partial charge in [0, 0.05) is 12.8 Å². The Bertz CT molecular complexity index is 1500. The molecule has 0 unspecified atom stereocenters. The van der Waals surface area contributed by atoms with Crippen molar-refractivity contribution in [1.82, 2.24) is 10.6 Å². The van der Waals surface area contributed by atoms with Crippen molar-refractivity contribution in [3.05, 3.63) is 143 Å². The molecule has 0 aliphatic carbocycles. The van der Waals surface area contributed by atoms with Crippen LogP contribution in [0.2, 0.25) is 0 Å². The molecule has 0 saturated carbocycles. The van der Waals surface area contributed by atoms with Gasteiger partial charge >= 0.3 is 11.9 Å². The lowest BCUT2D eigenvalue weighted by Crippen LogP contribution is -2.46. The van der Waals surface area contributed by atoms with Gasteiger partial charge < -0.3 is 32.3 Å². The number of nitrogens with one attached hydrogen (secondary N) is 2. The predicted molar refractivity (Wildman–Crippen MR) is 166 cm³/mol. The van der Waals surface area contributed by atoms with E-state index < -0.39 is 59.6 Å². The fraction of sp³-hybridized carbons (Fsp3) is 0.176. The number of amides is 2. The highest BCUT2D eigenvalue weighted by molar-refractivity contribution is 5.88. The second kappa shape index (κ2) is 17.1. The number of carboxylic acid groups (broad SMARTS) is 2. The summed E-state index contributed by atoms with van der Waals surface area (Å²) < 4.78 is 26.4. The SMILES string of the molecule is N[C@H](C(=O)N[C@@H](Cc1cccc(F)c1)C(=O)O)c1ccccc1.N[C@H](C(=O)N[C@H](Cc1cccc(F)c1)C(=O)O)c1ccccc1. The molecule has 4 rings (SSSR count). The van der Waals surface area contributed by atoms with Crippen molar-refractivity contribution in [3.8, 4) is 0 Å². The van der Waals surface area contributed by atoms with Gasteiger partial charge in [-0.2, -0.15) is 0 Å². The highest BCUT2D eigenvalue weighted by Gasteiger charge is 2.25. The van der Waals surface area contributed by atoms with Crippen LogP contribution in [0.5, 0.6) is 0 Å².